The summed E-state index contributed by atoms with van der Waals surface area (Å²) in [6.07, 6.45) is 0. The second-order valence-corrected chi connectivity index (χ2v) is 6.86. The zero-order valence-electron chi connectivity index (χ0n) is 11.2. The van der Waals surface area contributed by atoms with Gasteiger partial charge in [0.15, 0.2) is 5.16 Å². The molecule has 0 atom stereocenters. The first-order valence-electron chi connectivity index (χ1n) is 5.97. The van der Waals surface area contributed by atoms with Crippen molar-refractivity contribution >= 4 is 35.0 Å². The predicted molar refractivity (Wildman–Crippen MR) is 80.1 cm³/mol. The molecule has 0 fully saturated rings. The molecule has 2 heterocycles. The molecule has 8 heteroatoms. The number of thioether (sulfide) groups is 1. The van der Waals surface area contributed by atoms with E-state index in [1.807, 2.05) is 11.4 Å². The maximum Gasteiger partial charge on any atom is 0.313 e. The average Bonchev–Trinajstić information content (AvgIpc) is 2.99. The van der Waals surface area contributed by atoms with E-state index in [9.17, 15) is 4.79 Å². The summed E-state index contributed by atoms with van der Waals surface area (Å²) in [6, 6.07) is 4.09. The first-order valence-corrected chi connectivity index (χ1v) is 7.84. The number of carboxylic acids is 1. The molecule has 0 bridgehead atoms. The van der Waals surface area contributed by atoms with E-state index in [0.29, 0.717) is 17.6 Å². The summed E-state index contributed by atoms with van der Waals surface area (Å²) >= 11 is 2.81. The Morgan fingerprint density at radius 3 is 2.90 bits per heavy atom. The molecule has 2 aromatic heterocycles. The SMILES string of the molecule is CC(C)(Cn1c(N)nnc1SCC(=O)O)c1cccs1. The number of aromatic nitrogens is 3. The highest BCUT2D eigenvalue weighted by Gasteiger charge is 2.25. The summed E-state index contributed by atoms with van der Waals surface area (Å²) in [7, 11) is 0. The predicted octanol–water partition coefficient (Wildman–Crippen LogP) is 2.08. The first kappa shape index (κ1) is 14.9. The fourth-order valence-corrected chi connectivity index (χ4v) is 3.33. The summed E-state index contributed by atoms with van der Waals surface area (Å²) in [5.41, 5.74) is 5.72. The van der Waals surface area contributed by atoms with E-state index >= 15 is 0 Å². The molecule has 108 valence electrons. The van der Waals surface area contributed by atoms with Gasteiger partial charge in [0.2, 0.25) is 5.95 Å². The molecule has 0 unspecified atom stereocenters. The minimum atomic E-state index is -0.888. The van der Waals surface area contributed by atoms with Crippen molar-refractivity contribution in [3.05, 3.63) is 22.4 Å². The van der Waals surface area contributed by atoms with E-state index in [0.717, 1.165) is 11.8 Å². The van der Waals surface area contributed by atoms with Crippen LogP contribution in [-0.2, 0) is 16.8 Å². The van der Waals surface area contributed by atoms with Gasteiger partial charge in [0, 0.05) is 16.8 Å². The smallest absolute Gasteiger partial charge is 0.313 e. The van der Waals surface area contributed by atoms with Gasteiger partial charge in [0.05, 0.1) is 5.75 Å². The maximum atomic E-state index is 10.7. The van der Waals surface area contributed by atoms with Crippen LogP contribution in [0, 0.1) is 0 Å². The number of anilines is 1. The van der Waals surface area contributed by atoms with Gasteiger partial charge in [-0.2, -0.15) is 0 Å². The Labute approximate surface area is 125 Å². The largest absolute Gasteiger partial charge is 0.481 e. The highest BCUT2D eigenvalue weighted by atomic mass is 32.2. The van der Waals surface area contributed by atoms with Crippen LogP contribution in [0.4, 0.5) is 5.95 Å². The number of hydrogen-bond donors (Lipinski definition) is 2. The third-order valence-electron chi connectivity index (χ3n) is 2.81. The van der Waals surface area contributed by atoms with Crippen LogP contribution in [0.5, 0.6) is 0 Å². The van der Waals surface area contributed by atoms with E-state index in [4.69, 9.17) is 10.8 Å². The van der Waals surface area contributed by atoms with Crippen LogP contribution in [0.3, 0.4) is 0 Å². The zero-order valence-corrected chi connectivity index (χ0v) is 12.9. The molecule has 0 aliphatic carbocycles. The molecule has 0 aliphatic heterocycles. The minimum absolute atomic E-state index is 0.0580. The highest BCUT2D eigenvalue weighted by Crippen LogP contribution is 2.31. The Bertz CT molecular complexity index is 593. The molecule has 0 aliphatic rings. The highest BCUT2D eigenvalue weighted by molar-refractivity contribution is 7.99. The maximum absolute atomic E-state index is 10.7. The number of thiophene rings is 1. The van der Waals surface area contributed by atoms with Gasteiger partial charge in [-0.05, 0) is 11.4 Å². The normalized spacial score (nSPS) is 11.7. The van der Waals surface area contributed by atoms with Gasteiger partial charge in [0.25, 0.3) is 0 Å². The van der Waals surface area contributed by atoms with Crippen molar-refractivity contribution in [2.24, 2.45) is 0 Å². The van der Waals surface area contributed by atoms with Gasteiger partial charge in [-0.3, -0.25) is 9.36 Å². The topological polar surface area (TPSA) is 94.0 Å². The molecular weight excluding hydrogens is 296 g/mol. The molecule has 0 saturated carbocycles. The molecule has 2 rings (SSSR count). The van der Waals surface area contributed by atoms with Crippen molar-refractivity contribution in [1.82, 2.24) is 14.8 Å². The number of aliphatic carboxylic acids is 1. The van der Waals surface area contributed by atoms with Crippen LogP contribution in [0.1, 0.15) is 18.7 Å². The zero-order chi connectivity index (χ0) is 14.8. The van der Waals surface area contributed by atoms with E-state index < -0.39 is 5.97 Å². The van der Waals surface area contributed by atoms with Crippen molar-refractivity contribution in [3.63, 3.8) is 0 Å². The third-order valence-corrected chi connectivity index (χ3v) is 5.00. The average molecular weight is 312 g/mol. The third kappa shape index (κ3) is 3.31. The monoisotopic (exact) mass is 312 g/mol. The second-order valence-electron chi connectivity index (χ2n) is 4.97. The van der Waals surface area contributed by atoms with E-state index in [2.05, 4.69) is 30.1 Å². The number of hydrogen-bond acceptors (Lipinski definition) is 6. The summed E-state index contributed by atoms with van der Waals surface area (Å²) in [6.45, 7) is 4.84. The number of carbonyl (C=O) groups is 1. The van der Waals surface area contributed by atoms with Crippen LogP contribution >= 0.6 is 23.1 Å². The fourth-order valence-electron chi connectivity index (χ4n) is 1.82. The molecule has 6 nitrogen and oxygen atoms in total. The summed E-state index contributed by atoms with van der Waals surface area (Å²) < 4.78 is 1.77. The molecular formula is C12H16N4O2S2. The first-order chi connectivity index (χ1) is 9.40. The second kappa shape index (κ2) is 5.84. The molecule has 20 heavy (non-hydrogen) atoms. The quantitative estimate of drug-likeness (QED) is 0.793. The van der Waals surface area contributed by atoms with Crippen LogP contribution in [-0.4, -0.2) is 31.6 Å². The van der Waals surface area contributed by atoms with Crippen LogP contribution in [0.15, 0.2) is 22.7 Å². The lowest BCUT2D eigenvalue weighted by molar-refractivity contribution is -0.133. The molecule has 0 aromatic carbocycles. The molecule has 0 radical (unpaired) electrons. The molecule has 0 spiro atoms. The lowest BCUT2D eigenvalue weighted by Gasteiger charge is -2.24. The Kier molecular flexibility index (Phi) is 4.34. The van der Waals surface area contributed by atoms with E-state index in [-0.39, 0.29) is 11.2 Å². The number of nitrogens with two attached hydrogens (primary N) is 1. The summed E-state index contributed by atoms with van der Waals surface area (Å²) in [5.74, 6) is -0.638. The van der Waals surface area contributed by atoms with E-state index in [1.165, 1.54) is 4.88 Å². The van der Waals surface area contributed by atoms with Crippen LogP contribution in [0.2, 0.25) is 0 Å². The Balaban J connectivity index is 2.20. The number of nitrogen functional groups attached to an aromatic ring is 1. The van der Waals surface area contributed by atoms with Gasteiger partial charge in [-0.25, -0.2) is 0 Å². The molecule has 0 saturated heterocycles. The van der Waals surface area contributed by atoms with Gasteiger partial charge < -0.3 is 10.8 Å². The van der Waals surface area contributed by atoms with Crippen molar-refractivity contribution in [1.29, 1.82) is 0 Å². The Morgan fingerprint density at radius 1 is 1.55 bits per heavy atom. The number of nitrogens with zero attached hydrogens (tertiary/aromatic N) is 3. The lowest BCUT2D eigenvalue weighted by atomic mass is 9.91. The lowest BCUT2D eigenvalue weighted by Crippen LogP contribution is -2.24. The van der Waals surface area contributed by atoms with Gasteiger partial charge in [0.1, 0.15) is 0 Å². The summed E-state index contributed by atoms with van der Waals surface area (Å²) in [5, 5.41) is 19.1. The van der Waals surface area contributed by atoms with Gasteiger partial charge in [-0.15, -0.1) is 21.5 Å². The molecule has 0 amide bonds. The molecule has 2 aromatic rings. The number of rotatable bonds is 6. The standard InChI is InChI=1S/C12H16N4O2S2/c1-12(2,8-4-3-5-19-8)7-16-10(13)14-15-11(16)20-6-9(17)18/h3-5H,6-7H2,1-2H3,(H2,13,14)(H,17,18). The van der Waals surface area contributed by atoms with E-state index in [1.54, 1.807) is 15.9 Å². The van der Waals surface area contributed by atoms with Crippen LogP contribution < -0.4 is 5.73 Å². The van der Waals surface area contributed by atoms with Gasteiger partial charge >= 0.3 is 5.97 Å². The minimum Gasteiger partial charge on any atom is -0.481 e. The Hall–Kier alpha value is -1.54. The fraction of sp³-hybridized carbons (Fsp3) is 0.417. The van der Waals surface area contributed by atoms with Crippen molar-refractivity contribution in [3.8, 4) is 0 Å². The van der Waals surface area contributed by atoms with Crippen LogP contribution in [0.25, 0.3) is 0 Å². The molecule has 3 N–H and O–H groups in total. The Morgan fingerprint density at radius 2 is 2.30 bits per heavy atom. The van der Waals surface area contributed by atoms with Crippen molar-refractivity contribution in [2.45, 2.75) is 31.0 Å². The van der Waals surface area contributed by atoms with Crippen molar-refractivity contribution < 1.29 is 9.90 Å². The van der Waals surface area contributed by atoms with Crippen molar-refractivity contribution in [2.75, 3.05) is 11.5 Å². The van der Waals surface area contributed by atoms with Gasteiger partial charge in [-0.1, -0.05) is 31.7 Å². The number of carboxylic acid groups (broad SMARTS) is 1. The summed E-state index contributed by atoms with van der Waals surface area (Å²) in [4.78, 5) is 11.9.